The van der Waals surface area contributed by atoms with Crippen LogP contribution < -0.4 is 5.73 Å². The summed E-state index contributed by atoms with van der Waals surface area (Å²) in [5, 5.41) is 0. The highest BCUT2D eigenvalue weighted by Crippen LogP contribution is 2.44. The van der Waals surface area contributed by atoms with Crippen molar-refractivity contribution in [2.45, 2.75) is 44.3 Å². The van der Waals surface area contributed by atoms with Crippen molar-refractivity contribution >= 4 is 0 Å². The van der Waals surface area contributed by atoms with Gasteiger partial charge in [0.25, 0.3) is 0 Å². The molecule has 0 bridgehead atoms. The van der Waals surface area contributed by atoms with Crippen LogP contribution in [-0.2, 0) is 5.67 Å². The van der Waals surface area contributed by atoms with E-state index in [1.807, 2.05) is 24.3 Å². The highest BCUT2D eigenvalue weighted by Gasteiger charge is 2.44. The fourth-order valence-corrected chi connectivity index (χ4v) is 2.17. The van der Waals surface area contributed by atoms with E-state index in [1.165, 1.54) is 5.56 Å². The summed E-state index contributed by atoms with van der Waals surface area (Å²) in [6, 6.07) is 7.89. The van der Waals surface area contributed by atoms with Gasteiger partial charge in [-0.25, -0.2) is 4.39 Å². The molecule has 15 heavy (non-hydrogen) atoms. The Labute approximate surface area is 90.5 Å². The van der Waals surface area contributed by atoms with Crippen molar-refractivity contribution in [1.82, 2.24) is 0 Å². The lowest BCUT2D eigenvalue weighted by Gasteiger charge is -2.39. The highest BCUT2D eigenvalue weighted by molar-refractivity contribution is 5.31. The minimum atomic E-state index is -1.16. The van der Waals surface area contributed by atoms with Crippen LogP contribution in [-0.4, -0.2) is 6.04 Å². The third kappa shape index (κ3) is 1.91. The van der Waals surface area contributed by atoms with Crippen molar-refractivity contribution in [3.05, 3.63) is 35.4 Å². The standard InChI is InChI=1S/C13H18FN/c1-9(2)10-3-5-11(6-4-10)13(14)7-12(15)8-13/h3-6,9,12H,7-8,15H2,1-2H3. The molecule has 1 saturated carbocycles. The monoisotopic (exact) mass is 207 g/mol. The lowest BCUT2D eigenvalue weighted by atomic mass is 9.73. The number of rotatable bonds is 2. The van der Waals surface area contributed by atoms with Crippen molar-refractivity contribution in [2.75, 3.05) is 0 Å². The van der Waals surface area contributed by atoms with E-state index in [-0.39, 0.29) is 6.04 Å². The van der Waals surface area contributed by atoms with Crippen LogP contribution in [0.1, 0.15) is 43.7 Å². The summed E-state index contributed by atoms with van der Waals surface area (Å²) in [4.78, 5) is 0. The van der Waals surface area contributed by atoms with Crippen LogP contribution in [0.4, 0.5) is 4.39 Å². The molecule has 1 aromatic rings. The molecule has 0 atom stereocenters. The van der Waals surface area contributed by atoms with E-state index in [2.05, 4.69) is 13.8 Å². The van der Waals surface area contributed by atoms with Gasteiger partial charge >= 0.3 is 0 Å². The van der Waals surface area contributed by atoms with Gasteiger partial charge < -0.3 is 5.73 Å². The molecule has 0 spiro atoms. The maximum Gasteiger partial charge on any atom is 0.139 e. The van der Waals surface area contributed by atoms with E-state index in [9.17, 15) is 4.39 Å². The van der Waals surface area contributed by atoms with Gasteiger partial charge in [-0.15, -0.1) is 0 Å². The van der Waals surface area contributed by atoms with Gasteiger partial charge in [-0.1, -0.05) is 38.1 Å². The Bertz CT molecular complexity index is 336. The fourth-order valence-electron chi connectivity index (χ4n) is 2.17. The SMILES string of the molecule is CC(C)c1ccc(C2(F)CC(N)C2)cc1. The molecule has 0 aromatic heterocycles. The van der Waals surface area contributed by atoms with Crippen LogP contribution in [0.5, 0.6) is 0 Å². The minimum Gasteiger partial charge on any atom is -0.327 e. The molecule has 0 radical (unpaired) electrons. The Morgan fingerprint density at radius 3 is 2.20 bits per heavy atom. The number of benzene rings is 1. The zero-order chi connectivity index (χ0) is 11.1. The molecule has 0 saturated heterocycles. The molecule has 0 aliphatic heterocycles. The molecule has 82 valence electrons. The van der Waals surface area contributed by atoms with Gasteiger partial charge in [0.1, 0.15) is 5.67 Å². The number of alkyl halides is 1. The molecule has 1 aliphatic carbocycles. The van der Waals surface area contributed by atoms with Gasteiger partial charge in [0, 0.05) is 18.9 Å². The largest absolute Gasteiger partial charge is 0.327 e. The Morgan fingerprint density at radius 1 is 1.27 bits per heavy atom. The Balaban J connectivity index is 2.17. The molecule has 0 amide bonds. The zero-order valence-corrected chi connectivity index (χ0v) is 9.33. The van der Waals surface area contributed by atoms with E-state index >= 15 is 0 Å². The predicted molar refractivity (Wildman–Crippen MR) is 60.5 cm³/mol. The molecular weight excluding hydrogens is 189 g/mol. The quantitative estimate of drug-likeness (QED) is 0.792. The molecule has 2 rings (SSSR count). The van der Waals surface area contributed by atoms with Gasteiger partial charge in [0.2, 0.25) is 0 Å². The van der Waals surface area contributed by atoms with E-state index < -0.39 is 5.67 Å². The molecule has 2 heteroatoms. The van der Waals surface area contributed by atoms with Crippen molar-refractivity contribution in [2.24, 2.45) is 5.73 Å². The maximum absolute atomic E-state index is 14.1. The Kier molecular flexibility index (Phi) is 2.55. The molecule has 2 N–H and O–H groups in total. The second-order valence-corrected chi connectivity index (χ2v) is 4.91. The van der Waals surface area contributed by atoms with Crippen LogP contribution in [0.3, 0.4) is 0 Å². The molecule has 1 nitrogen and oxygen atoms in total. The van der Waals surface area contributed by atoms with Crippen LogP contribution >= 0.6 is 0 Å². The fraction of sp³-hybridized carbons (Fsp3) is 0.538. The van der Waals surface area contributed by atoms with Crippen molar-refractivity contribution in [1.29, 1.82) is 0 Å². The third-order valence-electron chi connectivity index (χ3n) is 3.27. The summed E-state index contributed by atoms with van der Waals surface area (Å²) >= 11 is 0. The topological polar surface area (TPSA) is 26.0 Å². The van der Waals surface area contributed by atoms with Crippen LogP contribution in [0.2, 0.25) is 0 Å². The first-order valence-corrected chi connectivity index (χ1v) is 5.56. The first-order chi connectivity index (χ1) is 7.01. The van der Waals surface area contributed by atoms with Crippen molar-refractivity contribution < 1.29 is 4.39 Å². The number of hydrogen-bond acceptors (Lipinski definition) is 1. The lowest BCUT2D eigenvalue weighted by Crippen LogP contribution is -2.46. The smallest absolute Gasteiger partial charge is 0.139 e. The summed E-state index contributed by atoms with van der Waals surface area (Å²) in [7, 11) is 0. The van der Waals surface area contributed by atoms with Crippen LogP contribution in [0.15, 0.2) is 24.3 Å². The number of nitrogens with two attached hydrogens (primary N) is 1. The average molecular weight is 207 g/mol. The summed E-state index contributed by atoms with van der Waals surface area (Å²) in [6.07, 6.45) is 0.933. The van der Waals surface area contributed by atoms with Crippen LogP contribution in [0, 0.1) is 0 Å². The molecule has 0 heterocycles. The third-order valence-corrected chi connectivity index (χ3v) is 3.27. The normalized spacial score (nSPS) is 30.3. The average Bonchev–Trinajstić information content (AvgIpc) is 2.16. The Morgan fingerprint density at radius 2 is 1.80 bits per heavy atom. The lowest BCUT2D eigenvalue weighted by molar-refractivity contribution is 0.0405. The zero-order valence-electron chi connectivity index (χ0n) is 9.33. The first kappa shape index (κ1) is 10.6. The number of halogens is 1. The summed E-state index contributed by atoms with van der Waals surface area (Å²) in [6.45, 7) is 4.28. The summed E-state index contributed by atoms with van der Waals surface area (Å²) in [5.74, 6) is 0.498. The van der Waals surface area contributed by atoms with Crippen molar-refractivity contribution in [3.63, 3.8) is 0 Å². The van der Waals surface area contributed by atoms with Crippen molar-refractivity contribution in [3.8, 4) is 0 Å². The molecule has 1 aliphatic rings. The molecule has 1 aromatic carbocycles. The van der Waals surface area contributed by atoms with E-state index in [1.54, 1.807) is 0 Å². The molecular formula is C13H18FN. The van der Waals surface area contributed by atoms with Crippen LogP contribution in [0.25, 0.3) is 0 Å². The summed E-state index contributed by atoms with van der Waals surface area (Å²) < 4.78 is 14.1. The Hall–Kier alpha value is -0.890. The van der Waals surface area contributed by atoms with E-state index in [0.717, 1.165) is 5.56 Å². The maximum atomic E-state index is 14.1. The minimum absolute atomic E-state index is 0.0415. The second-order valence-electron chi connectivity index (χ2n) is 4.91. The first-order valence-electron chi connectivity index (χ1n) is 5.56. The van der Waals surface area contributed by atoms with E-state index in [4.69, 9.17) is 5.73 Å². The second kappa shape index (κ2) is 3.60. The summed E-state index contributed by atoms with van der Waals surface area (Å²) in [5.41, 5.74) is 6.51. The highest BCUT2D eigenvalue weighted by atomic mass is 19.1. The number of hydrogen-bond donors (Lipinski definition) is 1. The predicted octanol–water partition coefficient (Wildman–Crippen LogP) is 3.10. The van der Waals surface area contributed by atoms with Gasteiger partial charge in [-0.2, -0.15) is 0 Å². The van der Waals surface area contributed by atoms with Gasteiger partial charge in [-0.05, 0) is 17.0 Å². The van der Waals surface area contributed by atoms with E-state index in [0.29, 0.717) is 18.8 Å². The molecule has 1 fully saturated rings. The molecule has 0 unspecified atom stereocenters. The van der Waals surface area contributed by atoms with Gasteiger partial charge in [0.15, 0.2) is 0 Å². The van der Waals surface area contributed by atoms with Gasteiger partial charge in [-0.3, -0.25) is 0 Å². The van der Waals surface area contributed by atoms with Gasteiger partial charge in [0.05, 0.1) is 0 Å².